The smallest absolute Gasteiger partial charge is 0.306 e. The lowest BCUT2D eigenvalue weighted by atomic mass is 10.0. The highest BCUT2D eigenvalue weighted by molar-refractivity contribution is 5.70. The van der Waals surface area contributed by atoms with Crippen LogP contribution < -0.4 is 0 Å². The molecule has 15 heavy (non-hydrogen) atoms. The standard InChI is InChI=1S/C13H22O2/c1-4-12(13(14)15)10-8-6-5-7-9-11(2)3/h6,8,12H,2,4-5,7,9-10H2,1,3H3,(H,14,15)/b8-6-. The molecule has 86 valence electrons. The van der Waals surface area contributed by atoms with Crippen LogP contribution in [0.1, 0.15) is 46.0 Å². The van der Waals surface area contributed by atoms with Gasteiger partial charge in [-0.2, -0.15) is 0 Å². The Morgan fingerprint density at radius 2 is 2.13 bits per heavy atom. The molecule has 0 aromatic carbocycles. The molecule has 2 heteroatoms. The van der Waals surface area contributed by atoms with Crippen LogP contribution in [0, 0.1) is 5.92 Å². The summed E-state index contributed by atoms with van der Waals surface area (Å²) in [5.41, 5.74) is 1.21. The van der Waals surface area contributed by atoms with Gasteiger partial charge in [0.15, 0.2) is 0 Å². The van der Waals surface area contributed by atoms with Crippen LogP contribution in [0.3, 0.4) is 0 Å². The normalized spacial score (nSPS) is 12.9. The van der Waals surface area contributed by atoms with E-state index in [1.165, 1.54) is 5.57 Å². The quantitative estimate of drug-likeness (QED) is 0.489. The molecule has 0 aliphatic carbocycles. The maximum Gasteiger partial charge on any atom is 0.306 e. The summed E-state index contributed by atoms with van der Waals surface area (Å²) in [6.07, 6.45) is 8.60. The monoisotopic (exact) mass is 210 g/mol. The van der Waals surface area contributed by atoms with Crippen LogP contribution in [0.15, 0.2) is 24.3 Å². The van der Waals surface area contributed by atoms with Crippen molar-refractivity contribution in [3.8, 4) is 0 Å². The maximum atomic E-state index is 10.7. The number of carboxylic acid groups (broad SMARTS) is 1. The highest BCUT2D eigenvalue weighted by atomic mass is 16.4. The Bertz CT molecular complexity index is 229. The van der Waals surface area contributed by atoms with Crippen molar-refractivity contribution in [3.05, 3.63) is 24.3 Å². The van der Waals surface area contributed by atoms with Gasteiger partial charge in [0.2, 0.25) is 0 Å². The highest BCUT2D eigenvalue weighted by Crippen LogP contribution is 2.10. The van der Waals surface area contributed by atoms with Crippen molar-refractivity contribution >= 4 is 5.97 Å². The van der Waals surface area contributed by atoms with Crippen LogP contribution in [0.2, 0.25) is 0 Å². The van der Waals surface area contributed by atoms with Crippen molar-refractivity contribution in [1.82, 2.24) is 0 Å². The number of aliphatic carboxylic acids is 1. The summed E-state index contributed by atoms with van der Waals surface area (Å²) in [4.78, 5) is 10.7. The fourth-order valence-electron chi connectivity index (χ4n) is 1.34. The molecule has 0 heterocycles. The minimum atomic E-state index is -0.691. The minimum Gasteiger partial charge on any atom is -0.481 e. The third-order valence-electron chi connectivity index (χ3n) is 2.40. The summed E-state index contributed by atoms with van der Waals surface area (Å²) in [6, 6.07) is 0. The van der Waals surface area contributed by atoms with Crippen LogP contribution in [-0.2, 0) is 4.79 Å². The topological polar surface area (TPSA) is 37.3 Å². The molecular formula is C13H22O2. The van der Waals surface area contributed by atoms with Gasteiger partial charge in [0.25, 0.3) is 0 Å². The van der Waals surface area contributed by atoms with E-state index in [0.717, 1.165) is 19.3 Å². The van der Waals surface area contributed by atoms with Crippen LogP contribution in [0.5, 0.6) is 0 Å². The predicted molar refractivity (Wildman–Crippen MR) is 63.8 cm³/mol. The molecule has 0 radical (unpaired) electrons. The van der Waals surface area contributed by atoms with Gasteiger partial charge in [-0.15, -0.1) is 6.58 Å². The van der Waals surface area contributed by atoms with Gasteiger partial charge in [0.1, 0.15) is 0 Å². The van der Waals surface area contributed by atoms with Crippen LogP contribution >= 0.6 is 0 Å². The Morgan fingerprint density at radius 3 is 2.60 bits per heavy atom. The third kappa shape index (κ3) is 7.98. The van der Waals surface area contributed by atoms with Crippen molar-refractivity contribution in [1.29, 1.82) is 0 Å². The van der Waals surface area contributed by atoms with E-state index in [1.54, 1.807) is 0 Å². The van der Waals surface area contributed by atoms with Gasteiger partial charge in [0, 0.05) is 0 Å². The summed E-state index contributed by atoms with van der Waals surface area (Å²) >= 11 is 0. The zero-order valence-electron chi connectivity index (χ0n) is 9.83. The van der Waals surface area contributed by atoms with E-state index in [1.807, 2.05) is 19.9 Å². The van der Waals surface area contributed by atoms with E-state index in [2.05, 4.69) is 12.7 Å². The molecular weight excluding hydrogens is 188 g/mol. The molecule has 0 saturated carbocycles. The first kappa shape index (κ1) is 13.9. The van der Waals surface area contributed by atoms with Crippen LogP contribution in [-0.4, -0.2) is 11.1 Å². The average Bonchev–Trinajstić information content (AvgIpc) is 2.15. The highest BCUT2D eigenvalue weighted by Gasteiger charge is 2.11. The Hall–Kier alpha value is -1.05. The van der Waals surface area contributed by atoms with Crippen molar-refractivity contribution < 1.29 is 9.90 Å². The number of allylic oxidation sites excluding steroid dienone is 3. The van der Waals surface area contributed by atoms with Gasteiger partial charge in [-0.1, -0.05) is 24.6 Å². The second-order valence-corrected chi connectivity index (χ2v) is 4.00. The molecule has 0 aromatic heterocycles. The second kappa shape index (κ2) is 8.27. The molecule has 0 amide bonds. The van der Waals surface area contributed by atoms with E-state index < -0.39 is 5.97 Å². The number of unbranched alkanes of at least 4 members (excludes halogenated alkanes) is 1. The second-order valence-electron chi connectivity index (χ2n) is 4.00. The van der Waals surface area contributed by atoms with Gasteiger partial charge in [0.05, 0.1) is 5.92 Å². The van der Waals surface area contributed by atoms with Crippen molar-refractivity contribution in [3.63, 3.8) is 0 Å². The molecule has 0 spiro atoms. The lowest BCUT2D eigenvalue weighted by Gasteiger charge is -2.04. The molecule has 0 saturated heterocycles. The van der Waals surface area contributed by atoms with Gasteiger partial charge in [-0.3, -0.25) is 4.79 Å². The summed E-state index contributed by atoms with van der Waals surface area (Å²) in [5, 5.41) is 8.80. The number of hydrogen-bond donors (Lipinski definition) is 1. The SMILES string of the molecule is C=C(C)CCC/C=C\CC(CC)C(=O)O. The lowest BCUT2D eigenvalue weighted by Crippen LogP contribution is -2.11. The predicted octanol–water partition coefficient (Wildman–Crippen LogP) is 3.79. The Morgan fingerprint density at radius 1 is 1.47 bits per heavy atom. The molecule has 1 unspecified atom stereocenters. The van der Waals surface area contributed by atoms with Gasteiger partial charge < -0.3 is 5.11 Å². The molecule has 0 fully saturated rings. The first-order valence-electron chi connectivity index (χ1n) is 5.60. The molecule has 1 atom stereocenters. The Labute approximate surface area is 92.7 Å². The van der Waals surface area contributed by atoms with Crippen LogP contribution in [0.25, 0.3) is 0 Å². The van der Waals surface area contributed by atoms with Gasteiger partial charge >= 0.3 is 5.97 Å². The first-order valence-corrected chi connectivity index (χ1v) is 5.60. The Balaban J connectivity index is 3.60. The maximum absolute atomic E-state index is 10.7. The molecule has 1 N–H and O–H groups in total. The number of carbonyl (C=O) groups is 1. The van der Waals surface area contributed by atoms with E-state index in [-0.39, 0.29) is 5.92 Å². The fraction of sp³-hybridized carbons (Fsp3) is 0.615. The Kier molecular flexibility index (Phi) is 7.69. The van der Waals surface area contributed by atoms with E-state index >= 15 is 0 Å². The first-order chi connectivity index (χ1) is 7.07. The lowest BCUT2D eigenvalue weighted by molar-refractivity contribution is -0.141. The number of rotatable bonds is 8. The summed E-state index contributed by atoms with van der Waals surface area (Å²) in [6.45, 7) is 7.78. The van der Waals surface area contributed by atoms with E-state index in [0.29, 0.717) is 12.8 Å². The van der Waals surface area contributed by atoms with E-state index in [9.17, 15) is 4.79 Å². The molecule has 0 bridgehead atoms. The molecule has 0 aromatic rings. The molecule has 0 aliphatic heterocycles. The van der Waals surface area contributed by atoms with Gasteiger partial charge in [-0.25, -0.2) is 0 Å². The third-order valence-corrected chi connectivity index (χ3v) is 2.40. The summed E-state index contributed by atoms with van der Waals surface area (Å²) < 4.78 is 0. The zero-order valence-corrected chi connectivity index (χ0v) is 9.83. The molecule has 0 rings (SSSR count). The fourth-order valence-corrected chi connectivity index (χ4v) is 1.34. The van der Waals surface area contributed by atoms with E-state index in [4.69, 9.17) is 5.11 Å². The number of carboxylic acids is 1. The molecule has 2 nitrogen and oxygen atoms in total. The van der Waals surface area contributed by atoms with Crippen LogP contribution in [0.4, 0.5) is 0 Å². The summed E-state index contributed by atoms with van der Waals surface area (Å²) in [5.74, 6) is -0.911. The number of hydrogen-bond acceptors (Lipinski definition) is 1. The van der Waals surface area contributed by atoms with Crippen molar-refractivity contribution in [2.24, 2.45) is 5.92 Å². The van der Waals surface area contributed by atoms with Crippen molar-refractivity contribution in [2.45, 2.75) is 46.0 Å². The minimum absolute atomic E-state index is 0.220. The van der Waals surface area contributed by atoms with Gasteiger partial charge in [-0.05, 0) is 39.0 Å². The molecule has 0 aliphatic rings. The largest absolute Gasteiger partial charge is 0.481 e. The van der Waals surface area contributed by atoms with Crippen molar-refractivity contribution in [2.75, 3.05) is 0 Å². The average molecular weight is 210 g/mol. The zero-order chi connectivity index (χ0) is 11.7. The summed E-state index contributed by atoms with van der Waals surface area (Å²) in [7, 11) is 0.